The van der Waals surface area contributed by atoms with Crippen molar-refractivity contribution in [3.63, 3.8) is 0 Å². The Morgan fingerprint density at radius 2 is 1.71 bits per heavy atom. The van der Waals surface area contributed by atoms with E-state index in [1.54, 1.807) is 0 Å². The van der Waals surface area contributed by atoms with Gasteiger partial charge in [-0.15, -0.1) is 0 Å². The van der Waals surface area contributed by atoms with Crippen LogP contribution in [0.3, 0.4) is 0 Å². The van der Waals surface area contributed by atoms with Gasteiger partial charge in [0, 0.05) is 24.3 Å². The van der Waals surface area contributed by atoms with Crippen LogP contribution in [0.5, 0.6) is 0 Å². The van der Waals surface area contributed by atoms with E-state index in [4.69, 9.17) is 4.98 Å². The average Bonchev–Trinajstić information content (AvgIpc) is 2.56. The Labute approximate surface area is 126 Å². The van der Waals surface area contributed by atoms with E-state index in [-0.39, 0.29) is 0 Å². The third-order valence-corrected chi connectivity index (χ3v) is 4.20. The smallest absolute Gasteiger partial charge is 0.128 e. The molecule has 1 aromatic heterocycles. The molecule has 110 valence electrons. The van der Waals surface area contributed by atoms with Gasteiger partial charge in [-0.25, -0.2) is 4.98 Å². The summed E-state index contributed by atoms with van der Waals surface area (Å²) in [7, 11) is 0. The highest BCUT2D eigenvalue weighted by Crippen LogP contribution is 2.26. The lowest BCUT2D eigenvalue weighted by Crippen LogP contribution is -2.30. The van der Waals surface area contributed by atoms with E-state index < -0.39 is 6.10 Å². The van der Waals surface area contributed by atoms with Crippen LogP contribution in [0.15, 0.2) is 42.5 Å². The van der Waals surface area contributed by atoms with Crippen LogP contribution < -0.4 is 4.90 Å². The van der Waals surface area contributed by atoms with Gasteiger partial charge in [0.05, 0.1) is 0 Å². The maximum atomic E-state index is 10.5. The molecule has 21 heavy (non-hydrogen) atoms. The molecular formula is C18H22N2O. The first-order valence-electron chi connectivity index (χ1n) is 7.71. The predicted octanol–water partition coefficient (Wildman–Crippen LogP) is 3.46. The molecule has 0 spiro atoms. The van der Waals surface area contributed by atoms with Gasteiger partial charge in [-0.3, -0.25) is 0 Å². The molecule has 3 heteroatoms. The number of benzene rings is 1. The molecule has 1 N–H and O–H groups in total. The van der Waals surface area contributed by atoms with E-state index in [1.165, 1.54) is 19.3 Å². The highest BCUT2D eigenvalue weighted by Gasteiger charge is 2.17. The number of pyridine rings is 1. The maximum absolute atomic E-state index is 10.5. The van der Waals surface area contributed by atoms with E-state index >= 15 is 0 Å². The Balaban J connectivity index is 1.84. The molecule has 2 heterocycles. The number of nitrogens with zero attached hydrogens (tertiary/aromatic N) is 2. The second-order valence-corrected chi connectivity index (χ2v) is 5.71. The van der Waals surface area contributed by atoms with Crippen LogP contribution in [-0.2, 0) is 0 Å². The Kier molecular flexibility index (Phi) is 4.20. The first kappa shape index (κ1) is 14.1. The van der Waals surface area contributed by atoms with Gasteiger partial charge >= 0.3 is 0 Å². The maximum Gasteiger partial charge on any atom is 0.128 e. The van der Waals surface area contributed by atoms with Gasteiger partial charge in [0.25, 0.3) is 0 Å². The number of piperidine rings is 1. The molecule has 3 rings (SSSR count). The molecule has 3 nitrogen and oxygen atoms in total. The van der Waals surface area contributed by atoms with Crippen LogP contribution >= 0.6 is 0 Å². The molecule has 1 aliphatic rings. The zero-order valence-corrected chi connectivity index (χ0v) is 12.5. The van der Waals surface area contributed by atoms with Gasteiger partial charge in [0.1, 0.15) is 11.9 Å². The van der Waals surface area contributed by atoms with Crippen molar-refractivity contribution in [3.8, 4) is 0 Å². The van der Waals surface area contributed by atoms with Crippen LogP contribution in [0.25, 0.3) is 0 Å². The van der Waals surface area contributed by atoms with Crippen molar-refractivity contribution in [2.24, 2.45) is 0 Å². The van der Waals surface area contributed by atoms with Gasteiger partial charge in [0.2, 0.25) is 0 Å². The fourth-order valence-corrected chi connectivity index (χ4v) is 2.96. The molecule has 0 aliphatic carbocycles. The summed E-state index contributed by atoms with van der Waals surface area (Å²) in [5.74, 6) is 1.04. The highest BCUT2D eigenvalue weighted by molar-refractivity contribution is 5.44. The van der Waals surface area contributed by atoms with Crippen LogP contribution in [0.4, 0.5) is 5.82 Å². The molecule has 1 atom stereocenters. The van der Waals surface area contributed by atoms with Crippen molar-refractivity contribution in [1.82, 2.24) is 4.98 Å². The molecule has 2 aromatic rings. The van der Waals surface area contributed by atoms with Crippen LogP contribution in [0, 0.1) is 6.92 Å². The van der Waals surface area contributed by atoms with E-state index in [1.807, 2.05) is 49.4 Å². The molecule has 0 saturated carbocycles. The normalized spacial score (nSPS) is 16.8. The van der Waals surface area contributed by atoms with E-state index in [2.05, 4.69) is 4.90 Å². The minimum Gasteiger partial charge on any atom is -0.384 e. The van der Waals surface area contributed by atoms with Gasteiger partial charge < -0.3 is 10.0 Å². The molecule has 0 bridgehead atoms. The third-order valence-electron chi connectivity index (χ3n) is 4.20. The quantitative estimate of drug-likeness (QED) is 0.936. The van der Waals surface area contributed by atoms with Crippen molar-refractivity contribution in [2.45, 2.75) is 32.3 Å². The highest BCUT2D eigenvalue weighted by atomic mass is 16.3. The number of hydrogen-bond acceptors (Lipinski definition) is 3. The number of aliphatic hydroxyl groups is 1. The van der Waals surface area contributed by atoms with Crippen molar-refractivity contribution in [2.75, 3.05) is 18.0 Å². The third kappa shape index (κ3) is 3.08. The topological polar surface area (TPSA) is 36.4 Å². The monoisotopic (exact) mass is 282 g/mol. The molecule has 1 aliphatic heterocycles. The average molecular weight is 282 g/mol. The fraction of sp³-hybridized carbons (Fsp3) is 0.389. The van der Waals surface area contributed by atoms with E-state index in [0.717, 1.165) is 35.7 Å². The lowest BCUT2D eigenvalue weighted by Gasteiger charge is -2.28. The zero-order valence-electron chi connectivity index (χ0n) is 12.5. The number of aryl methyl sites for hydroxylation is 1. The summed E-state index contributed by atoms with van der Waals surface area (Å²) >= 11 is 0. The van der Waals surface area contributed by atoms with Crippen molar-refractivity contribution >= 4 is 5.82 Å². The largest absolute Gasteiger partial charge is 0.384 e. The summed E-state index contributed by atoms with van der Waals surface area (Å²) in [4.78, 5) is 7.05. The number of aliphatic hydroxyl groups excluding tert-OH is 1. The fourth-order valence-electron chi connectivity index (χ4n) is 2.96. The van der Waals surface area contributed by atoms with E-state index in [0.29, 0.717) is 0 Å². The van der Waals surface area contributed by atoms with Crippen LogP contribution in [0.1, 0.15) is 42.2 Å². The Hall–Kier alpha value is -1.87. The minimum absolute atomic E-state index is 0.603. The summed E-state index contributed by atoms with van der Waals surface area (Å²) in [5, 5.41) is 10.5. The molecule has 0 amide bonds. The molecule has 0 radical (unpaired) electrons. The lowest BCUT2D eigenvalue weighted by atomic mass is 10.0. The molecule has 1 aromatic carbocycles. The number of anilines is 1. The van der Waals surface area contributed by atoms with Gasteiger partial charge in [-0.1, -0.05) is 36.4 Å². The summed E-state index contributed by atoms with van der Waals surface area (Å²) in [6, 6.07) is 13.8. The molecule has 0 unspecified atom stereocenters. The standard InChI is InChI=1S/C18H22N2O/c1-14-16(18(21)15-8-4-2-5-9-15)10-11-17(19-14)20-12-6-3-7-13-20/h2,4-5,8-11,18,21H,3,6-7,12-13H2,1H3/t18-/m0/s1. The van der Waals surface area contributed by atoms with Crippen molar-refractivity contribution < 1.29 is 5.11 Å². The second-order valence-electron chi connectivity index (χ2n) is 5.71. The van der Waals surface area contributed by atoms with Gasteiger partial charge in [-0.2, -0.15) is 0 Å². The first-order chi connectivity index (χ1) is 10.3. The summed E-state index contributed by atoms with van der Waals surface area (Å²) in [5.41, 5.74) is 2.71. The first-order valence-corrected chi connectivity index (χ1v) is 7.71. The van der Waals surface area contributed by atoms with Gasteiger partial charge in [0.15, 0.2) is 0 Å². The minimum atomic E-state index is -0.603. The van der Waals surface area contributed by atoms with Crippen molar-refractivity contribution in [3.05, 3.63) is 59.3 Å². The summed E-state index contributed by atoms with van der Waals surface area (Å²) in [6.07, 6.45) is 3.21. The lowest BCUT2D eigenvalue weighted by molar-refractivity contribution is 0.219. The zero-order chi connectivity index (χ0) is 14.7. The van der Waals surface area contributed by atoms with Crippen LogP contribution in [-0.4, -0.2) is 23.2 Å². The molecule has 1 fully saturated rings. The summed E-state index contributed by atoms with van der Waals surface area (Å²) < 4.78 is 0. The Morgan fingerprint density at radius 1 is 1.00 bits per heavy atom. The SMILES string of the molecule is Cc1nc(N2CCCCC2)ccc1[C@@H](O)c1ccccc1. The number of rotatable bonds is 3. The Bertz CT molecular complexity index is 591. The second kappa shape index (κ2) is 6.27. The molecular weight excluding hydrogens is 260 g/mol. The van der Waals surface area contributed by atoms with Crippen LogP contribution in [0.2, 0.25) is 0 Å². The molecule has 1 saturated heterocycles. The Morgan fingerprint density at radius 3 is 2.38 bits per heavy atom. The number of aromatic nitrogens is 1. The van der Waals surface area contributed by atoms with Crippen molar-refractivity contribution in [1.29, 1.82) is 0 Å². The number of hydrogen-bond donors (Lipinski definition) is 1. The van der Waals surface area contributed by atoms with Gasteiger partial charge in [-0.05, 0) is 37.8 Å². The predicted molar refractivity (Wildman–Crippen MR) is 85.5 cm³/mol. The van der Waals surface area contributed by atoms with E-state index in [9.17, 15) is 5.11 Å². The summed E-state index contributed by atoms with van der Waals surface area (Å²) in [6.45, 7) is 4.16.